The number of phenolic OH excluding ortho intramolecular Hbond substituents is 1. The first-order valence-corrected chi connectivity index (χ1v) is 10.7. The van der Waals surface area contributed by atoms with Crippen LogP contribution in [0.1, 0.15) is 24.0 Å². The lowest BCUT2D eigenvalue weighted by molar-refractivity contribution is 0.406. The molecule has 1 aliphatic heterocycles. The number of aromatic nitrogens is 2. The molecule has 0 amide bonds. The van der Waals surface area contributed by atoms with Crippen molar-refractivity contribution < 1.29 is 5.11 Å². The Morgan fingerprint density at radius 2 is 2.00 bits per heavy atom. The zero-order chi connectivity index (χ0) is 22.1. The van der Waals surface area contributed by atoms with Gasteiger partial charge in [-0.2, -0.15) is 5.26 Å². The molecule has 7 nitrogen and oxygen atoms in total. The summed E-state index contributed by atoms with van der Waals surface area (Å²) in [6.45, 7) is 1.86. The Kier molecular flexibility index (Phi) is 6.05. The highest BCUT2D eigenvalue weighted by Crippen LogP contribution is 2.30. The first kappa shape index (κ1) is 21.4. The fourth-order valence-corrected chi connectivity index (χ4v) is 4.34. The topological polar surface area (TPSA) is 94.2 Å². The minimum absolute atomic E-state index is 0.0854. The van der Waals surface area contributed by atoms with E-state index in [0.29, 0.717) is 46.5 Å². The van der Waals surface area contributed by atoms with E-state index >= 15 is 0 Å². The van der Waals surface area contributed by atoms with Gasteiger partial charge in [-0.25, -0.2) is 4.98 Å². The molecule has 0 radical (unpaired) electrons. The van der Waals surface area contributed by atoms with Crippen molar-refractivity contribution >= 4 is 39.9 Å². The van der Waals surface area contributed by atoms with Crippen molar-refractivity contribution in [2.45, 2.75) is 25.4 Å². The van der Waals surface area contributed by atoms with Crippen molar-refractivity contribution in [3.8, 4) is 11.8 Å². The largest absolute Gasteiger partial charge is 0.508 e. The molecule has 3 heterocycles. The third kappa shape index (κ3) is 4.19. The lowest BCUT2D eigenvalue weighted by Gasteiger charge is -2.35. The molecule has 0 saturated carbocycles. The highest BCUT2D eigenvalue weighted by Gasteiger charge is 2.26. The summed E-state index contributed by atoms with van der Waals surface area (Å²) in [6, 6.07) is 10.8. The number of phenols is 1. The normalized spacial score (nSPS) is 14.7. The van der Waals surface area contributed by atoms with Crippen molar-refractivity contribution in [3.05, 3.63) is 62.0 Å². The number of nitrogens with one attached hydrogen (secondary N) is 1. The van der Waals surface area contributed by atoms with E-state index in [1.807, 2.05) is 4.90 Å². The van der Waals surface area contributed by atoms with Gasteiger partial charge in [-0.3, -0.25) is 4.79 Å². The van der Waals surface area contributed by atoms with Crippen LogP contribution in [0.5, 0.6) is 5.75 Å². The first-order valence-electron chi connectivity index (χ1n) is 9.94. The molecule has 160 valence electrons. The molecule has 31 heavy (non-hydrogen) atoms. The molecule has 0 atom stereocenters. The minimum atomic E-state index is -0.340. The van der Waals surface area contributed by atoms with Gasteiger partial charge in [0.15, 0.2) is 0 Å². The molecule has 3 aromatic rings. The van der Waals surface area contributed by atoms with Gasteiger partial charge in [-0.15, -0.1) is 0 Å². The second-order valence-electron chi connectivity index (χ2n) is 7.62. The number of hydrogen-bond donors (Lipinski definition) is 2. The van der Waals surface area contributed by atoms with Gasteiger partial charge in [0.05, 0.1) is 11.2 Å². The molecule has 2 aromatic heterocycles. The van der Waals surface area contributed by atoms with Gasteiger partial charge in [0.2, 0.25) is 0 Å². The number of rotatable bonds is 4. The Morgan fingerprint density at radius 1 is 1.26 bits per heavy atom. The Bertz CT molecular complexity index is 1240. The Morgan fingerprint density at radius 3 is 2.68 bits per heavy atom. The quantitative estimate of drug-likeness (QED) is 0.581. The fourth-order valence-electron chi connectivity index (χ4n) is 4.03. The van der Waals surface area contributed by atoms with E-state index in [1.54, 1.807) is 31.3 Å². The molecule has 1 aliphatic rings. The molecule has 9 heteroatoms. The number of halogens is 2. The maximum atomic E-state index is 12.7. The van der Waals surface area contributed by atoms with Crippen LogP contribution in [0.2, 0.25) is 10.2 Å². The molecule has 0 bridgehead atoms. The van der Waals surface area contributed by atoms with Gasteiger partial charge in [0, 0.05) is 43.3 Å². The Labute approximate surface area is 189 Å². The molecular weight excluding hydrogens is 437 g/mol. The van der Waals surface area contributed by atoms with Crippen molar-refractivity contribution in [3.63, 3.8) is 0 Å². The molecular formula is C22H21Cl2N5O2. The van der Waals surface area contributed by atoms with Gasteiger partial charge in [-0.05, 0) is 37.1 Å². The van der Waals surface area contributed by atoms with Crippen molar-refractivity contribution in [2.24, 2.45) is 7.05 Å². The summed E-state index contributed by atoms with van der Waals surface area (Å²) >= 11 is 12.0. The number of anilines is 1. The van der Waals surface area contributed by atoms with E-state index in [1.165, 1.54) is 10.6 Å². The van der Waals surface area contributed by atoms with E-state index in [0.717, 1.165) is 18.4 Å². The zero-order valence-electron chi connectivity index (χ0n) is 16.9. The van der Waals surface area contributed by atoms with Crippen LogP contribution in [0.3, 0.4) is 0 Å². The average Bonchev–Trinajstić information content (AvgIpc) is 2.76. The number of aryl methyl sites for hydroxylation is 1. The second kappa shape index (κ2) is 8.75. The van der Waals surface area contributed by atoms with Crippen LogP contribution in [0.25, 0.3) is 11.0 Å². The molecule has 0 spiro atoms. The van der Waals surface area contributed by atoms with Gasteiger partial charge < -0.3 is 19.9 Å². The van der Waals surface area contributed by atoms with E-state index in [2.05, 4.69) is 16.4 Å². The van der Waals surface area contributed by atoms with Crippen LogP contribution in [0, 0.1) is 11.3 Å². The summed E-state index contributed by atoms with van der Waals surface area (Å²) in [6.07, 6.45) is 1.63. The smallest absolute Gasteiger partial charge is 0.270 e. The number of aromatic hydroxyl groups is 1. The first-order chi connectivity index (χ1) is 14.9. The number of nitriles is 1. The predicted molar refractivity (Wildman–Crippen MR) is 122 cm³/mol. The van der Waals surface area contributed by atoms with Crippen molar-refractivity contribution in [2.75, 3.05) is 18.0 Å². The van der Waals surface area contributed by atoms with Gasteiger partial charge in [-0.1, -0.05) is 29.3 Å². The molecule has 1 saturated heterocycles. The maximum Gasteiger partial charge on any atom is 0.270 e. The second-order valence-corrected chi connectivity index (χ2v) is 8.44. The summed E-state index contributed by atoms with van der Waals surface area (Å²) in [7, 11) is 1.63. The average molecular weight is 458 g/mol. The number of nitrogens with zero attached hydrogens (tertiary/aromatic N) is 4. The zero-order valence-corrected chi connectivity index (χ0v) is 18.4. The Balaban J connectivity index is 1.55. The highest BCUT2D eigenvalue weighted by molar-refractivity contribution is 6.30. The number of fused-ring (bicyclic) bond motifs is 1. The third-order valence-corrected chi connectivity index (χ3v) is 6.18. The SMILES string of the molecule is Cn1c(=O)c(C#N)c(N2CCC(NCc3ccc(Cl)cc3O)CC2)c2nc(Cl)ccc21. The summed E-state index contributed by atoms with van der Waals surface area (Å²) in [5.41, 5.74) is 2.28. The number of hydrogen-bond acceptors (Lipinski definition) is 6. The predicted octanol–water partition coefficient (Wildman–Crippen LogP) is 3.58. The summed E-state index contributed by atoms with van der Waals surface area (Å²) in [5, 5.41) is 24.0. The lowest BCUT2D eigenvalue weighted by Crippen LogP contribution is -2.43. The molecule has 2 N–H and O–H groups in total. The number of pyridine rings is 2. The van der Waals surface area contributed by atoms with Gasteiger partial charge in [0.25, 0.3) is 5.56 Å². The third-order valence-electron chi connectivity index (χ3n) is 5.73. The van der Waals surface area contributed by atoms with Gasteiger partial charge >= 0.3 is 0 Å². The monoisotopic (exact) mass is 457 g/mol. The van der Waals surface area contributed by atoms with E-state index < -0.39 is 0 Å². The fraction of sp³-hybridized carbons (Fsp3) is 0.318. The highest BCUT2D eigenvalue weighted by atomic mass is 35.5. The van der Waals surface area contributed by atoms with E-state index in [4.69, 9.17) is 23.2 Å². The molecule has 4 rings (SSSR count). The standard InChI is InChI=1S/C22H21Cl2N5O2/c1-28-17-4-5-19(24)27-20(17)21(16(11-25)22(28)31)29-8-6-15(7-9-29)26-12-13-2-3-14(23)10-18(13)30/h2-5,10,15,26,30H,6-9,12H2,1H3. The lowest BCUT2D eigenvalue weighted by atomic mass is 10.0. The molecule has 1 aromatic carbocycles. The van der Waals surface area contributed by atoms with Crippen molar-refractivity contribution in [1.82, 2.24) is 14.9 Å². The van der Waals surface area contributed by atoms with Crippen LogP contribution in [-0.2, 0) is 13.6 Å². The summed E-state index contributed by atoms with van der Waals surface area (Å²) in [4.78, 5) is 19.2. The van der Waals surface area contributed by atoms with Gasteiger partial charge in [0.1, 0.15) is 28.1 Å². The summed E-state index contributed by atoms with van der Waals surface area (Å²) in [5.74, 6) is 0.172. The Hall–Kier alpha value is -2.79. The van der Waals surface area contributed by atoms with Crippen LogP contribution >= 0.6 is 23.2 Å². The van der Waals surface area contributed by atoms with Crippen LogP contribution in [0.4, 0.5) is 5.69 Å². The number of benzene rings is 1. The molecule has 0 aliphatic carbocycles. The van der Waals surface area contributed by atoms with E-state index in [9.17, 15) is 15.2 Å². The number of piperidine rings is 1. The summed E-state index contributed by atoms with van der Waals surface area (Å²) < 4.78 is 1.44. The van der Waals surface area contributed by atoms with Crippen LogP contribution in [-0.4, -0.2) is 33.8 Å². The van der Waals surface area contributed by atoms with Crippen LogP contribution < -0.4 is 15.8 Å². The maximum absolute atomic E-state index is 12.7. The van der Waals surface area contributed by atoms with E-state index in [-0.39, 0.29) is 22.9 Å². The molecule has 1 fully saturated rings. The molecule has 0 unspecified atom stereocenters. The minimum Gasteiger partial charge on any atom is -0.508 e. The van der Waals surface area contributed by atoms with Crippen molar-refractivity contribution in [1.29, 1.82) is 5.26 Å². The van der Waals surface area contributed by atoms with Crippen LogP contribution in [0.15, 0.2) is 35.1 Å².